The van der Waals surface area contributed by atoms with Crippen molar-refractivity contribution in [3.8, 4) is 5.75 Å². The molecule has 5 heteroatoms. The van der Waals surface area contributed by atoms with E-state index in [4.69, 9.17) is 19.9 Å². The van der Waals surface area contributed by atoms with Crippen molar-refractivity contribution in [3.05, 3.63) is 29.6 Å². The first-order valence-electron chi connectivity index (χ1n) is 6.04. The van der Waals surface area contributed by atoms with Crippen molar-refractivity contribution in [2.75, 3.05) is 26.9 Å². The Bertz CT molecular complexity index is 405. The monoisotopic (exact) mass is 255 g/mol. The highest BCUT2D eigenvalue weighted by atomic mass is 19.1. The first-order chi connectivity index (χ1) is 8.72. The summed E-state index contributed by atoms with van der Waals surface area (Å²) in [4.78, 5) is 0. The number of nitrogens with two attached hydrogens (primary N) is 1. The Balaban J connectivity index is 2.28. The third-order valence-corrected chi connectivity index (χ3v) is 3.06. The fraction of sp³-hybridized carbons (Fsp3) is 0.538. The van der Waals surface area contributed by atoms with Crippen LogP contribution in [0, 0.1) is 5.82 Å². The van der Waals surface area contributed by atoms with Crippen LogP contribution in [0.25, 0.3) is 0 Å². The number of methoxy groups -OCH3 is 1. The Morgan fingerprint density at radius 3 is 2.67 bits per heavy atom. The molecule has 1 aromatic carbocycles. The molecule has 0 aliphatic carbocycles. The van der Waals surface area contributed by atoms with Gasteiger partial charge in [0, 0.05) is 12.0 Å². The third-order valence-electron chi connectivity index (χ3n) is 3.06. The van der Waals surface area contributed by atoms with E-state index in [1.807, 2.05) is 0 Å². The highest BCUT2D eigenvalue weighted by molar-refractivity contribution is 5.32. The van der Waals surface area contributed by atoms with Crippen LogP contribution >= 0.6 is 0 Å². The maximum Gasteiger partial charge on any atom is 0.195 e. The second kappa shape index (κ2) is 5.65. The Kier molecular flexibility index (Phi) is 4.16. The van der Waals surface area contributed by atoms with Crippen LogP contribution in [-0.4, -0.2) is 26.9 Å². The van der Waals surface area contributed by atoms with Crippen molar-refractivity contribution in [2.24, 2.45) is 5.73 Å². The molecule has 0 amide bonds. The van der Waals surface area contributed by atoms with Crippen molar-refractivity contribution in [1.29, 1.82) is 0 Å². The third kappa shape index (κ3) is 2.48. The molecule has 2 rings (SSSR count). The van der Waals surface area contributed by atoms with Crippen LogP contribution in [0.2, 0.25) is 0 Å². The molecule has 0 bridgehead atoms. The lowest BCUT2D eigenvalue weighted by atomic mass is 10.00. The van der Waals surface area contributed by atoms with Gasteiger partial charge in [-0.15, -0.1) is 0 Å². The van der Waals surface area contributed by atoms with Crippen molar-refractivity contribution in [3.63, 3.8) is 0 Å². The predicted molar refractivity (Wildman–Crippen MR) is 64.8 cm³/mol. The first kappa shape index (κ1) is 13.3. The molecule has 1 heterocycles. The number of rotatable bonds is 5. The van der Waals surface area contributed by atoms with Crippen LogP contribution in [-0.2, 0) is 15.3 Å². The van der Waals surface area contributed by atoms with Gasteiger partial charge >= 0.3 is 0 Å². The van der Waals surface area contributed by atoms with Gasteiger partial charge in [-0.1, -0.05) is 0 Å². The summed E-state index contributed by atoms with van der Waals surface area (Å²) in [5, 5.41) is 0. The minimum Gasteiger partial charge on any atom is -0.494 e. The van der Waals surface area contributed by atoms with E-state index in [1.165, 1.54) is 13.2 Å². The minimum absolute atomic E-state index is 0.214. The summed E-state index contributed by atoms with van der Waals surface area (Å²) < 4.78 is 30.0. The van der Waals surface area contributed by atoms with Gasteiger partial charge in [0.25, 0.3) is 0 Å². The zero-order valence-electron chi connectivity index (χ0n) is 10.4. The van der Waals surface area contributed by atoms with Crippen LogP contribution in [0.3, 0.4) is 0 Å². The van der Waals surface area contributed by atoms with Gasteiger partial charge in [0.05, 0.1) is 20.3 Å². The van der Waals surface area contributed by atoms with E-state index in [-0.39, 0.29) is 5.75 Å². The van der Waals surface area contributed by atoms with Crippen LogP contribution in [0.1, 0.15) is 18.4 Å². The lowest BCUT2D eigenvalue weighted by Crippen LogP contribution is -2.28. The lowest BCUT2D eigenvalue weighted by molar-refractivity contribution is -0.171. The van der Waals surface area contributed by atoms with Crippen molar-refractivity contribution in [1.82, 2.24) is 0 Å². The Morgan fingerprint density at radius 1 is 1.39 bits per heavy atom. The second-order valence-electron chi connectivity index (χ2n) is 4.19. The topological polar surface area (TPSA) is 53.7 Å². The van der Waals surface area contributed by atoms with E-state index in [9.17, 15) is 4.39 Å². The number of benzene rings is 1. The van der Waals surface area contributed by atoms with Gasteiger partial charge in [-0.3, -0.25) is 0 Å². The molecule has 0 saturated carbocycles. The summed E-state index contributed by atoms with van der Waals surface area (Å²) in [6, 6.07) is 4.75. The van der Waals surface area contributed by atoms with Crippen LogP contribution < -0.4 is 10.5 Å². The largest absolute Gasteiger partial charge is 0.494 e. The second-order valence-corrected chi connectivity index (χ2v) is 4.19. The number of halogens is 1. The normalized spacial score (nSPS) is 17.9. The molecule has 1 fully saturated rings. The molecule has 1 saturated heterocycles. The Labute approximate surface area is 106 Å². The molecule has 0 spiro atoms. The molecule has 0 aromatic heterocycles. The molecular weight excluding hydrogens is 237 g/mol. The van der Waals surface area contributed by atoms with Gasteiger partial charge < -0.3 is 19.9 Å². The minimum atomic E-state index is -0.855. The van der Waals surface area contributed by atoms with Gasteiger partial charge in [0.2, 0.25) is 0 Å². The predicted octanol–water partition coefficient (Wildman–Crippen LogP) is 1.77. The summed E-state index contributed by atoms with van der Waals surface area (Å²) in [7, 11) is 1.44. The summed E-state index contributed by atoms with van der Waals surface area (Å²) >= 11 is 0. The molecule has 0 radical (unpaired) electrons. The molecule has 1 aromatic rings. The molecule has 2 N–H and O–H groups in total. The van der Waals surface area contributed by atoms with Crippen molar-refractivity contribution < 1.29 is 18.6 Å². The fourth-order valence-corrected chi connectivity index (χ4v) is 2.15. The van der Waals surface area contributed by atoms with Crippen molar-refractivity contribution in [2.45, 2.75) is 18.6 Å². The van der Waals surface area contributed by atoms with Crippen molar-refractivity contribution >= 4 is 0 Å². The zero-order chi connectivity index (χ0) is 13.0. The van der Waals surface area contributed by atoms with Gasteiger partial charge in [-0.25, -0.2) is 4.39 Å². The molecule has 18 heavy (non-hydrogen) atoms. The first-order valence-corrected chi connectivity index (χ1v) is 6.04. The standard InChI is InChI=1S/C13H18FNO3/c1-16-12-4-3-10(9-11(12)14)13(5-2-6-15)17-7-8-18-13/h3-4,9H,2,5-8,15H2,1H3. The van der Waals surface area contributed by atoms with E-state index in [1.54, 1.807) is 12.1 Å². The summed E-state index contributed by atoms with van der Waals surface area (Å²) in [5.41, 5.74) is 6.19. The highest BCUT2D eigenvalue weighted by Gasteiger charge is 2.38. The van der Waals surface area contributed by atoms with E-state index in [0.29, 0.717) is 31.7 Å². The average Bonchev–Trinajstić information content (AvgIpc) is 2.86. The molecule has 1 aliphatic rings. The summed E-state index contributed by atoms with van der Waals surface area (Å²) in [6.07, 6.45) is 1.38. The molecule has 4 nitrogen and oxygen atoms in total. The average molecular weight is 255 g/mol. The molecule has 100 valence electrons. The van der Waals surface area contributed by atoms with Crippen LogP contribution in [0.4, 0.5) is 4.39 Å². The van der Waals surface area contributed by atoms with E-state index in [2.05, 4.69) is 0 Å². The van der Waals surface area contributed by atoms with E-state index < -0.39 is 11.6 Å². The van der Waals surface area contributed by atoms with Gasteiger partial charge in [-0.2, -0.15) is 0 Å². The number of hydrogen-bond donors (Lipinski definition) is 1. The molecule has 1 aliphatic heterocycles. The number of ether oxygens (including phenoxy) is 3. The SMILES string of the molecule is COc1ccc(C2(CCCN)OCCO2)cc1F. The highest BCUT2D eigenvalue weighted by Crippen LogP contribution is 2.37. The van der Waals surface area contributed by atoms with Gasteiger partial charge in [0.15, 0.2) is 17.4 Å². The van der Waals surface area contributed by atoms with Crippen LogP contribution in [0.15, 0.2) is 18.2 Å². The number of hydrogen-bond acceptors (Lipinski definition) is 4. The quantitative estimate of drug-likeness (QED) is 0.871. The van der Waals surface area contributed by atoms with Crippen LogP contribution in [0.5, 0.6) is 5.75 Å². The Hall–Kier alpha value is -1.17. The molecule has 0 atom stereocenters. The fourth-order valence-electron chi connectivity index (χ4n) is 2.15. The van der Waals surface area contributed by atoms with Gasteiger partial charge in [0.1, 0.15) is 0 Å². The zero-order valence-corrected chi connectivity index (χ0v) is 10.4. The smallest absolute Gasteiger partial charge is 0.195 e. The van der Waals surface area contributed by atoms with Gasteiger partial charge in [-0.05, 0) is 31.2 Å². The Morgan fingerprint density at radius 2 is 2.11 bits per heavy atom. The maximum atomic E-state index is 13.7. The van der Waals surface area contributed by atoms with E-state index >= 15 is 0 Å². The maximum absolute atomic E-state index is 13.7. The summed E-state index contributed by atoms with van der Waals surface area (Å²) in [6.45, 7) is 1.57. The van der Waals surface area contributed by atoms with E-state index in [0.717, 1.165) is 6.42 Å². The summed E-state index contributed by atoms with van der Waals surface area (Å²) in [5.74, 6) is -1.06. The molecule has 0 unspecified atom stereocenters. The molecular formula is C13H18FNO3. The lowest BCUT2D eigenvalue weighted by Gasteiger charge is -2.28.